The van der Waals surface area contributed by atoms with Gasteiger partial charge in [-0.05, 0) is 24.7 Å². The molecule has 0 spiro atoms. The van der Waals surface area contributed by atoms with Crippen molar-refractivity contribution in [3.8, 4) is 0 Å². The second-order valence-electron chi connectivity index (χ2n) is 3.58. The van der Waals surface area contributed by atoms with Gasteiger partial charge in [0.2, 0.25) is 0 Å². The Morgan fingerprint density at radius 3 is 3.07 bits per heavy atom. The van der Waals surface area contributed by atoms with Gasteiger partial charge in [-0.25, -0.2) is 4.79 Å². The zero-order valence-corrected chi connectivity index (χ0v) is 8.79. The van der Waals surface area contributed by atoms with Crippen molar-refractivity contribution in [3.63, 3.8) is 0 Å². The summed E-state index contributed by atoms with van der Waals surface area (Å²) in [6, 6.07) is 8.03. The molecule has 1 aliphatic rings. The third-order valence-corrected chi connectivity index (χ3v) is 2.46. The number of rotatable bonds is 3. The zero-order chi connectivity index (χ0) is 10.7. The maximum atomic E-state index is 11.4. The Kier molecular flexibility index (Phi) is 2.87. The number of amides is 2. The van der Waals surface area contributed by atoms with Crippen molar-refractivity contribution in [2.45, 2.75) is 6.54 Å². The first-order chi connectivity index (χ1) is 7.31. The van der Waals surface area contributed by atoms with Crippen LogP contribution in [0.15, 0.2) is 24.3 Å². The molecule has 4 heteroatoms. The maximum Gasteiger partial charge on any atom is 0.321 e. The molecule has 1 aromatic rings. The number of hydrogen-bond donors (Lipinski definition) is 2. The number of nitrogens with one attached hydrogen (secondary N) is 2. The van der Waals surface area contributed by atoms with E-state index in [1.165, 1.54) is 5.56 Å². The van der Waals surface area contributed by atoms with E-state index in [4.69, 9.17) is 0 Å². The molecule has 0 unspecified atom stereocenters. The fourth-order valence-electron chi connectivity index (χ4n) is 1.76. The highest BCUT2D eigenvalue weighted by atomic mass is 16.2. The van der Waals surface area contributed by atoms with Gasteiger partial charge in [0.05, 0.1) is 0 Å². The fraction of sp³-hybridized carbons (Fsp3) is 0.364. The Bertz CT molecular complexity index is 365. The Hall–Kier alpha value is -1.55. The topological polar surface area (TPSA) is 44.4 Å². The summed E-state index contributed by atoms with van der Waals surface area (Å²) >= 11 is 0. The summed E-state index contributed by atoms with van der Waals surface area (Å²) in [5.74, 6) is 0. The molecule has 15 heavy (non-hydrogen) atoms. The molecule has 1 fully saturated rings. The van der Waals surface area contributed by atoms with E-state index in [1.807, 2.05) is 31.3 Å². The monoisotopic (exact) mass is 205 g/mol. The summed E-state index contributed by atoms with van der Waals surface area (Å²) in [4.78, 5) is 13.2. The summed E-state index contributed by atoms with van der Waals surface area (Å²) in [7, 11) is 1.91. The predicted molar refractivity (Wildman–Crippen MR) is 60.0 cm³/mol. The van der Waals surface area contributed by atoms with Crippen molar-refractivity contribution in [1.29, 1.82) is 0 Å². The minimum atomic E-state index is -0.00314. The zero-order valence-electron chi connectivity index (χ0n) is 8.79. The Balaban J connectivity index is 2.20. The first-order valence-electron chi connectivity index (χ1n) is 5.10. The molecule has 0 aliphatic carbocycles. The van der Waals surface area contributed by atoms with Crippen LogP contribution in [0, 0.1) is 0 Å². The predicted octanol–water partition coefficient (Wildman–Crippen LogP) is 0.936. The van der Waals surface area contributed by atoms with Gasteiger partial charge in [-0.1, -0.05) is 12.1 Å². The Morgan fingerprint density at radius 1 is 1.53 bits per heavy atom. The fourth-order valence-corrected chi connectivity index (χ4v) is 1.76. The first kappa shape index (κ1) is 9.98. The molecule has 2 rings (SSSR count). The SMILES string of the molecule is CNCc1cccc(N2CCNC2=O)c1. The number of urea groups is 1. The lowest BCUT2D eigenvalue weighted by molar-refractivity contribution is 0.252. The lowest BCUT2D eigenvalue weighted by atomic mass is 10.2. The second kappa shape index (κ2) is 4.31. The van der Waals surface area contributed by atoms with E-state index in [-0.39, 0.29) is 6.03 Å². The summed E-state index contributed by atoms with van der Waals surface area (Å²) in [6.07, 6.45) is 0. The van der Waals surface area contributed by atoms with E-state index < -0.39 is 0 Å². The largest absolute Gasteiger partial charge is 0.336 e. The number of benzene rings is 1. The van der Waals surface area contributed by atoms with Crippen LogP contribution in [0.4, 0.5) is 10.5 Å². The molecule has 1 aliphatic heterocycles. The van der Waals surface area contributed by atoms with E-state index in [1.54, 1.807) is 4.90 Å². The van der Waals surface area contributed by atoms with E-state index >= 15 is 0 Å². The van der Waals surface area contributed by atoms with Crippen molar-refractivity contribution in [2.24, 2.45) is 0 Å². The lowest BCUT2D eigenvalue weighted by Gasteiger charge is -2.15. The average molecular weight is 205 g/mol. The van der Waals surface area contributed by atoms with Crippen LogP contribution in [0.1, 0.15) is 5.56 Å². The van der Waals surface area contributed by atoms with Crippen LogP contribution in [0.5, 0.6) is 0 Å². The molecule has 1 saturated heterocycles. The van der Waals surface area contributed by atoms with Crippen LogP contribution >= 0.6 is 0 Å². The van der Waals surface area contributed by atoms with E-state index in [9.17, 15) is 4.79 Å². The second-order valence-corrected chi connectivity index (χ2v) is 3.58. The number of carbonyl (C=O) groups excluding carboxylic acids is 1. The van der Waals surface area contributed by atoms with Gasteiger partial charge >= 0.3 is 6.03 Å². The molecule has 2 N–H and O–H groups in total. The van der Waals surface area contributed by atoms with Crippen LogP contribution < -0.4 is 15.5 Å². The summed E-state index contributed by atoms with van der Waals surface area (Å²) in [5.41, 5.74) is 2.16. The Morgan fingerprint density at radius 2 is 2.40 bits per heavy atom. The quantitative estimate of drug-likeness (QED) is 0.771. The molecule has 4 nitrogen and oxygen atoms in total. The Labute approximate surface area is 89.3 Å². The van der Waals surface area contributed by atoms with Crippen molar-refractivity contribution in [1.82, 2.24) is 10.6 Å². The highest BCUT2D eigenvalue weighted by Crippen LogP contribution is 2.17. The minimum Gasteiger partial charge on any atom is -0.336 e. The average Bonchev–Trinajstić information content (AvgIpc) is 2.65. The van der Waals surface area contributed by atoms with Crippen molar-refractivity contribution < 1.29 is 4.79 Å². The molecule has 0 aromatic heterocycles. The molecular formula is C11H15N3O. The van der Waals surface area contributed by atoms with Gasteiger partial charge < -0.3 is 10.6 Å². The molecule has 80 valence electrons. The van der Waals surface area contributed by atoms with Gasteiger partial charge in [-0.3, -0.25) is 4.90 Å². The number of nitrogens with zero attached hydrogens (tertiary/aromatic N) is 1. The number of anilines is 1. The third kappa shape index (κ3) is 2.10. The summed E-state index contributed by atoms with van der Waals surface area (Å²) in [6.45, 7) is 2.31. The van der Waals surface area contributed by atoms with E-state index in [0.29, 0.717) is 0 Å². The van der Waals surface area contributed by atoms with Gasteiger partial charge in [-0.15, -0.1) is 0 Å². The highest BCUT2D eigenvalue weighted by molar-refractivity contribution is 5.94. The first-order valence-corrected chi connectivity index (χ1v) is 5.10. The smallest absolute Gasteiger partial charge is 0.321 e. The highest BCUT2D eigenvalue weighted by Gasteiger charge is 2.20. The molecule has 1 heterocycles. The van der Waals surface area contributed by atoms with E-state index in [2.05, 4.69) is 10.6 Å². The van der Waals surface area contributed by atoms with Gasteiger partial charge in [-0.2, -0.15) is 0 Å². The normalized spacial score (nSPS) is 15.5. The minimum absolute atomic E-state index is 0.00314. The van der Waals surface area contributed by atoms with Gasteiger partial charge in [0.15, 0.2) is 0 Å². The standard InChI is InChI=1S/C11H15N3O/c1-12-8-9-3-2-4-10(7-9)14-6-5-13-11(14)15/h2-4,7,12H,5-6,8H2,1H3,(H,13,15). The molecular weight excluding hydrogens is 190 g/mol. The van der Waals surface area contributed by atoms with Gasteiger partial charge in [0.25, 0.3) is 0 Å². The number of hydrogen-bond acceptors (Lipinski definition) is 2. The van der Waals surface area contributed by atoms with Crippen molar-refractivity contribution in [2.75, 3.05) is 25.0 Å². The molecule has 0 saturated carbocycles. The van der Waals surface area contributed by atoms with Crippen LogP contribution in [-0.2, 0) is 6.54 Å². The summed E-state index contributed by atoms with van der Waals surface area (Å²) in [5, 5.41) is 5.88. The van der Waals surface area contributed by atoms with E-state index in [0.717, 1.165) is 25.3 Å². The van der Waals surface area contributed by atoms with Gasteiger partial charge in [0, 0.05) is 25.3 Å². The third-order valence-electron chi connectivity index (χ3n) is 2.46. The molecule has 1 aromatic carbocycles. The number of carbonyl (C=O) groups is 1. The van der Waals surface area contributed by atoms with Crippen LogP contribution in [0.3, 0.4) is 0 Å². The van der Waals surface area contributed by atoms with Crippen LogP contribution in [-0.4, -0.2) is 26.2 Å². The lowest BCUT2D eigenvalue weighted by Crippen LogP contribution is -2.27. The molecule has 0 atom stereocenters. The van der Waals surface area contributed by atoms with Crippen LogP contribution in [0.2, 0.25) is 0 Å². The maximum absolute atomic E-state index is 11.4. The molecule has 2 amide bonds. The molecule has 0 radical (unpaired) electrons. The van der Waals surface area contributed by atoms with Crippen LogP contribution in [0.25, 0.3) is 0 Å². The van der Waals surface area contributed by atoms with Crippen molar-refractivity contribution in [3.05, 3.63) is 29.8 Å². The summed E-state index contributed by atoms with van der Waals surface area (Å²) < 4.78 is 0. The van der Waals surface area contributed by atoms with Gasteiger partial charge in [0.1, 0.15) is 0 Å². The molecule has 0 bridgehead atoms. The van der Waals surface area contributed by atoms with Crippen molar-refractivity contribution >= 4 is 11.7 Å².